The smallest absolute Gasteiger partial charge is 0.337 e. The molecule has 0 amide bonds. The molecule has 1 aromatic carbocycles. The highest BCUT2D eigenvalue weighted by atomic mass is 127. The molecule has 0 aliphatic rings. The molecule has 0 aliphatic carbocycles. The zero-order valence-corrected chi connectivity index (χ0v) is 11.9. The van der Waals surface area contributed by atoms with E-state index in [1.54, 1.807) is 31.2 Å². The molecule has 1 rings (SSSR count). The average molecular weight is 355 g/mol. The van der Waals surface area contributed by atoms with Gasteiger partial charge in [-0.15, -0.1) is 0 Å². The Morgan fingerprint density at radius 1 is 1.56 bits per heavy atom. The fourth-order valence-electron chi connectivity index (χ4n) is 1.08. The van der Waals surface area contributed by atoms with Crippen molar-refractivity contribution in [3.05, 3.63) is 29.8 Å². The Bertz CT molecular complexity index is 379. The third-order valence-electron chi connectivity index (χ3n) is 1.82. The number of benzene rings is 1. The summed E-state index contributed by atoms with van der Waals surface area (Å²) in [5.74, 6) is 0.160. The van der Waals surface area contributed by atoms with Gasteiger partial charge in [-0.2, -0.15) is 0 Å². The molecule has 0 heterocycles. The van der Waals surface area contributed by atoms with Gasteiger partial charge >= 0.3 is 5.97 Å². The van der Waals surface area contributed by atoms with Gasteiger partial charge in [0.05, 0.1) is 17.1 Å². The van der Waals surface area contributed by atoms with Gasteiger partial charge in [-0.25, -0.2) is 4.79 Å². The number of rotatable bonds is 4. The van der Waals surface area contributed by atoms with Gasteiger partial charge in [0.25, 0.3) is 0 Å². The second-order valence-electron chi connectivity index (χ2n) is 3.36. The summed E-state index contributed by atoms with van der Waals surface area (Å²) in [6.45, 7) is 1.77. The number of hydrogen-bond acceptors (Lipinski definition) is 3. The molecule has 88 valence electrons. The van der Waals surface area contributed by atoms with Crippen LogP contribution in [0.4, 0.5) is 0 Å². The quantitative estimate of drug-likeness (QED) is 0.473. The number of alkyl halides is 2. The lowest BCUT2D eigenvalue weighted by Crippen LogP contribution is -2.26. The molecule has 5 heteroatoms. The summed E-state index contributed by atoms with van der Waals surface area (Å²) in [7, 11) is 1.34. The van der Waals surface area contributed by atoms with Gasteiger partial charge in [-0.3, -0.25) is 0 Å². The maximum Gasteiger partial charge on any atom is 0.337 e. The Labute approximate surface area is 113 Å². The summed E-state index contributed by atoms with van der Waals surface area (Å²) in [4.78, 5) is 11.3. The summed E-state index contributed by atoms with van der Waals surface area (Å²) in [5, 5.41) is -0.769. The van der Waals surface area contributed by atoms with Crippen LogP contribution in [0.15, 0.2) is 24.3 Å². The van der Waals surface area contributed by atoms with Gasteiger partial charge in [0.1, 0.15) is 5.75 Å². The number of ether oxygens (including phenoxy) is 2. The van der Waals surface area contributed by atoms with Gasteiger partial charge in [0, 0.05) is 0 Å². The van der Waals surface area contributed by atoms with Crippen LogP contribution < -0.4 is 4.74 Å². The monoisotopic (exact) mass is 354 g/mol. The Morgan fingerprint density at radius 3 is 2.81 bits per heavy atom. The molecule has 0 spiro atoms. The molecule has 0 aromatic heterocycles. The number of esters is 1. The van der Waals surface area contributed by atoms with Crippen LogP contribution in [0.2, 0.25) is 0 Å². The van der Waals surface area contributed by atoms with Crippen LogP contribution in [0, 0.1) is 0 Å². The van der Waals surface area contributed by atoms with Gasteiger partial charge in [-0.05, 0) is 25.1 Å². The number of carbonyl (C=O) groups is 1. The first-order valence-corrected chi connectivity index (χ1v) is 6.51. The molecular weight excluding hydrogens is 342 g/mol. The molecule has 0 aliphatic heterocycles. The molecule has 0 fully saturated rings. The molecule has 3 nitrogen and oxygen atoms in total. The minimum atomic E-state index is -0.769. The second-order valence-corrected chi connectivity index (χ2v) is 4.92. The lowest BCUT2D eigenvalue weighted by molar-refractivity contribution is 0.0599. The fourth-order valence-corrected chi connectivity index (χ4v) is 1.32. The van der Waals surface area contributed by atoms with Gasteiger partial charge in [0.2, 0.25) is 0 Å². The predicted octanol–water partition coefficient (Wildman–Crippen LogP) is 3.24. The van der Waals surface area contributed by atoms with Gasteiger partial charge in [-0.1, -0.05) is 40.3 Å². The van der Waals surface area contributed by atoms with Crippen molar-refractivity contribution < 1.29 is 14.3 Å². The first-order chi connectivity index (χ1) is 7.48. The lowest BCUT2D eigenvalue weighted by Gasteiger charge is -2.21. The summed E-state index contributed by atoms with van der Waals surface area (Å²) >= 11 is 8.21. The van der Waals surface area contributed by atoms with E-state index in [4.69, 9.17) is 16.3 Å². The normalized spacial score (nSPS) is 14.0. The summed E-state index contributed by atoms with van der Waals surface area (Å²) < 4.78 is 10.8. The van der Waals surface area contributed by atoms with E-state index in [0.717, 1.165) is 0 Å². The van der Waals surface area contributed by atoms with Crippen molar-refractivity contribution in [2.45, 2.75) is 12.0 Å². The molecule has 1 aromatic rings. The number of carbonyl (C=O) groups excluding carboxylic acids is 1. The highest BCUT2D eigenvalue weighted by molar-refractivity contribution is 14.1. The van der Waals surface area contributed by atoms with E-state index in [-0.39, 0.29) is 0 Å². The second kappa shape index (κ2) is 5.72. The molecule has 0 bridgehead atoms. The Hall–Kier alpha value is -0.490. The van der Waals surface area contributed by atoms with E-state index in [2.05, 4.69) is 27.3 Å². The van der Waals surface area contributed by atoms with Crippen molar-refractivity contribution in [3.63, 3.8) is 0 Å². The maximum absolute atomic E-state index is 11.3. The van der Waals surface area contributed by atoms with E-state index >= 15 is 0 Å². The molecule has 0 radical (unpaired) electrons. The average Bonchev–Trinajstić information content (AvgIpc) is 2.28. The lowest BCUT2D eigenvalue weighted by atomic mass is 10.2. The Balaban J connectivity index is 2.87. The number of methoxy groups -OCH3 is 1. The third kappa shape index (κ3) is 3.83. The minimum Gasteiger partial charge on any atom is -0.471 e. The van der Waals surface area contributed by atoms with E-state index in [1.165, 1.54) is 7.11 Å². The highest BCUT2D eigenvalue weighted by Gasteiger charge is 2.21. The highest BCUT2D eigenvalue weighted by Crippen LogP contribution is 2.24. The molecule has 0 saturated heterocycles. The van der Waals surface area contributed by atoms with E-state index in [0.29, 0.717) is 15.7 Å². The van der Waals surface area contributed by atoms with Crippen LogP contribution in [-0.4, -0.2) is 22.6 Å². The molecular formula is C11H12ClIO3. The van der Waals surface area contributed by atoms with Crippen LogP contribution in [0.25, 0.3) is 0 Å². The largest absolute Gasteiger partial charge is 0.471 e. The van der Waals surface area contributed by atoms with Crippen LogP contribution in [0.1, 0.15) is 17.3 Å². The Morgan fingerprint density at radius 2 is 2.25 bits per heavy atom. The van der Waals surface area contributed by atoms with E-state index in [9.17, 15) is 4.79 Å². The first-order valence-electron chi connectivity index (χ1n) is 4.61. The van der Waals surface area contributed by atoms with Crippen molar-refractivity contribution in [3.8, 4) is 5.75 Å². The van der Waals surface area contributed by atoms with Crippen LogP contribution in [0.5, 0.6) is 5.75 Å². The zero-order valence-electron chi connectivity index (χ0n) is 9.00. The number of halogens is 2. The van der Waals surface area contributed by atoms with Crippen molar-refractivity contribution in [2.24, 2.45) is 0 Å². The molecule has 1 atom stereocenters. The third-order valence-corrected chi connectivity index (χ3v) is 3.94. The standard InChI is InChI=1S/C11H12ClIO3/c1-11(12,7-13)16-9-5-3-4-8(6-9)10(14)15-2/h3-6H,7H2,1-2H3. The zero-order chi connectivity index (χ0) is 12.2. The van der Waals surface area contributed by atoms with Crippen LogP contribution in [0.3, 0.4) is 0 Å². The summed E-state index contributed by atoms with van der Waals surface area (Å²) in [5.41, 5.74) is 0.445. The van der Waals surface area contributed by atoms with Crippen molar-refractivity contribution in [2.75, 3.05) is 11.5 Å². The molecule has 1 unspecified atom stereocenters. The SMILES string of the molecule is COC(=O)c1cccc(OC(C)(Cl)CI)c1. The molecule has 16 heavy (non-hydrogen) atoms. The molecule has 0 saturated carbocycles. The predicted molar refractivity (Wildman–Crippen MR) is 71.6 cm³/mol. The summed E-state index contributed by atoms with van der Waals surface area (Å²) in [6, 6.07) is 6.74. The van der Waals surface area contributed by atoms with Crippen molar-refractivity contribution >= 4 is 40.2 Å². The summed E-state index contributed by atoms with van der Waals surface area (Å²) in [6.07, 6.45) is 0. The van der Waals surface area contributed by atoms with Crippen LogP contribution >= 0.6 is 34.2 Å². The van der Waals surface area contributed by atoms with Crippen molar-refractivity contribution in [1.29, 1.82) is 0 Å². The van der Waals surface area contributed by atoms with Gasteiger partial charge in [0.15, 0.2) is 5.06 Å². The van der Waals surface area contributed by atoms with Crippen LogP contribution in [-0.2, 0) is 4.74 Å². The molecule has 0 N–H and O–H groups in total. The number of hydrogen-bond donors (Lipinski definition) is 0. The maximum atomic E-state index is 11.3. The first kappa shape index (κ1) is 13.6. The van der Waals surface area contributed by atoms with E-state index in [1.807, 2.05) is 0 Å². The topological polar surface area (TPSA) is 35.5 Å². The fraction of sp³-hybridized carbons (Fsp3) is 0.364. The van der Waals surface area contributed by atoms with Gasteiger partial charge < -0.3 is 9.47 Å². The Kier molecular flexibility index (Phi) is 4.86. The van der Waals surface area contributed by atoms with Crippen molar-refractivity contribution in [1.82, 2.24) is 0 Å². The van der Waals surface area contributed by atoms with E-state index < -0.39 is 11.0 Å². The minimum absolute atomic E-state index is 0.392.